The molecule has 0 saturated heterocycles. The van der Waals surface area contributed by atoms with E-state index < -0.39 is 5.60 Å². The molecule has 1 heteroatoms. The van der Waals surface area contributed by atoms with Crippen LogP contribution in [0.3, 0.4) is 0 Å². The predicted octanol–water partition coefficient (Wildman–Crippen LogP) is 4.48. The first kappa shape index (κ1) is 13.8. The number of aliphatic hydroxyl groups is 1. The Labute approximate surface area is 115 Å². The highest BCUT2D eigenvalue weighted by Gasteiger charge is 2.36. The summed E-state index contributed by atoms with van der Waals surface area (Å²) in [6.07, 6.45) is 1.63. The van der Waals surface area contributed by atoms with Crippen molar-refractivity contribution in [3.05, 3.63) is 71.8 Å². The molecule has 100 valence electrons. The molecular weight excluding hydrogens is 232 g/mol. The van der Waals surface area contributed by atoms with Gasteiger partial charge in [0.1, 0.15) is 0 Å². The second-order valence-electron chi connectivity index (χ2n) is 5.02. The van der Waals surface area contributed by atoms with Gasteiger partial charge in [-0.3, -0.25) is 0 Å². The second kappa shape index (κ2) is 6.03. The summed E-state index contributed by atoms with van der Waals surface area (Å²) in [4.78, 5) is 0. The smallest absolute Gasteiger partial charge is 0.0962 e. The molecular formula is C18H22O. The van der Waals surface area contributed by atoms with Crippen molar-refractivity contribution in [1.29, 1.82) is 0 Å². The van der Waals surface area contributed by atoms with Crippen molar-refractivity contribution in [1.82, 2.24) is 0 Å². The third-order valence-electron chi connectivity index (χ3n) is 4.00. The van der Waals surface area contributed by atoms with Crippen LogP contribution < -0.4 is 0 Å². The van der Waals surface area contributed by atoms with E-state index >= 15 is 0 Å². The van der Waals surface area contributed by atoms with Gasteiger partial charge in [0, 0.05) is 5.92 Å². The molecule has 1 N–H and O–H groups in total. The largest absolute Gasteiger partial charge is 0.385 e. The van der Waals surface area contributed by atoms with Gasteiger partial charge in [0.2, 0.25) is 0 Å². The van der Waals surface area contributed by atoms with E-state index in [1.165, 1.54) is 5.56 Å². The Kier molecular flexibility index (Phi) is 4.39. The Bertz CT molecular complexity index is 492. The first-order valence-corrected chi connectivity index (χ1v) is 7.05. The van der Waals surface area contributed by atoms with Crippen LogP contribution in [0.2, 0.25) is 0 Å². The normalized spacial score (nSPS) is 15.7. The zero-order valence-electron chi connectivity index (χ0n) is 11.7. The van der Waals surface area contributed by atoms with Crippen molar-refractivity contribution in [2.45, 2.75) is 38.2 Å². The van der Waals surface area contributed by atoms with E-state index in [0.717, 1.165) is 12.0 Å². The lowest BCUT2D eigenvalue weighted by Gasteiger charge is -2.36. The highest BCUT2D eigenvalue weighted by Crippen LogP contribution is 2.41. The van der Waals surface area contributed by atoms with Gasteiger partial charge < -0.3 is 5.11 Å². The van der Waals surface area contributed by atoms with Crippen molar-refractivity contribution in [2.75, 3.05) is 0 Å². The Morgan fingerprint density at radius 3 is 1.89 bits per heavy atom. The number of benzene rings is 2. The molecule has 0 radical (unpaired) electrons. The summed E-state index contributed by atoms with van der Waals surface area (Å²) in [5.41, 5.74) is 1.42. The number of hydrogen-bond acceptors (Lipinski definition) is 1. The average molecular weight is 254 g/mol. The summed E-state index contributed by atoms with van der Waals surface area (Å²) in [6, 6.07) is 20.3. The van der Waals surface area contributed by atoms with Crippen LogP contribution in [-0.4, -0.2) is 5.11 Å². The molecule has 0 spiro atoms. The van der Waals surface area contributed by atoms with Crippen LogP contribution in [0.1, 0.15) is 43.7 Å². The minimum atomic E-state index is -0.794. The summed E-state index contributed by atoms with van der Waals surface area (Å²) in [7, 11) is 0. The molecule has 19 heavy (non-hydrogen) atoms. The van der Waals surface area contributed by atoms with Gasteiger partial charge in [-0.25, -0.2) is 0 Å². The zero-order chi connectivity index (χ0) is 13.7. The average Bonchev–Trinajstić information content (AvgIpc) is 2.49. The van der Waals surface area contributed by atoms with Crippen molar-refractivity contribution in [3.63, 3.8) is 0 Å². The second-order valence-corrected chi connectivity index (χ2v) is 5.02. The maximum Gasteiger partial charge on any atom is 0.0962 e. The molecule has 0 amide bonds. The van der Waals surface area contributed by atoms with Crippen LogP contribution in [0.4, 0.5) is 0 Å². The maximum absolute atomic E-state index is 11.2. The van der Waals surface area contributed by atoms with Crippen molar-refractivity contribution in [2.24, 2.45) is 0 Å². The fourth-order valence-corrected chi connectivity index (χ4v) is 2.91. The quantitative estimate of drug-likeness (QED) is 0.834. The van der Waals surface area contributed by atoms with E-state index in [0.29, 0.717) is 6.42 Å². The first-order chi connectivity index (χ1) is 9.22. The van der Waals surface area contributed by atoms with Gasteiger partial charge in [0.25, 0.3) is 0 Å². The SMILES string of the molecule is CC[C@H](c1ccccc1)[C@](O)(CC)c1ccccc1. The third-order valence-corrected chi connectivity index (χ3v) is 4.00. The molecule has 0 saturated carbocycles. The zero-order valence-corrected chi connectivity index (χ0v) is 11.7. The third kappa shape index (κ3) is 2.71. The fraction of sp³-hybridized carbons (Fsp3) is 0.333. The van der Waals surface area contributed by atoms with E-state index in [9.17, 15) is 5.11 Å². The molecule has 0 heterocycles. The summed E-state index contributed by atoms with van der Waals surface area (Å²) in [6.45, 7) is 4.19. The topological polar surface area (TPSA) is 20.2 Å². The molecule has 2 atom stereocenters. The van der Waals surface area contributed by atoms with E-state index in [2.05, 4.69) is 26.0 Å². The van der Waals surface area contributed by atoms with E-state index in [4.69, 9.17) is 0 Å². The van der Waals surface area contributed by atoms with Crippen LogP contribution in [0.25, 0.3) is 0 Å². The van der Waals surface area contributed by atoms with Crippen LogP contribution in [0.15, 0.2) is 60.7 Å². The lowest BCUT2D eigenvalue weighted by atomic mass is 9.74. The van der Waals surface area contributed by atoms with Gasteiger partial charge in [0.15, 0.2) is 0 Å². The van der Waals surface area contributed by atoms with Gasteiger partial charge in [-0.05, 0) is 24.0 Å². The van der Waals surface area contributed by atoms with Gasteiger partial charge in [-0.1, -0.05) is 74.5 Å². The molecule has 2 aromatic carbocycles. The maximum atomic E-state index is 11.2. The van der Waals surface area contributed by atoms with Gasteiger partial charge in [-0.15, -0.1) is 0 Å². The van der Waals surface area contributed by atoms with Crippen LogP contribution in [0.5, 0.6) is 0 Å². The molecule has 2 rings (SSSR count). The van der Waals surface area contributed by atoms with Crippen molar-refractivity contribution in [3.8, 4) is 0 Å². The van der Waals surface area contributed by atoms with Gasteiger partial charge >= 0.3 is 0 Å². The summed E-state index contributed by atoms with van der Waals surface area (Å²) < 4.78 is 0. The highest BCUT2D eigenvalue weighted by molar-refractivity contribution is 5.31. The number of hydrogen-bond donors (Lipinski definition) is 1. The minimum Gasteiger partial charge on any atom is -0.385 e. The summed E-state index contributed by atoms with van der Waals surface area (Å²) >= 11 is 0. The van der Waals surface area contributed by atoms with Crippen molar-refractivity contribution < 1.29 is 5.11 Å². The molecule has 0 aliphatic carbocycles. The monoisotopic (exact) mass is 254 g/mol. The van der Waals surface area contributed by atoms with Gasteiger partial charge in [-0.2, -0.15) is 0 Å². The van der Waals surface area contributed by atoms with Crippen molar-refractivity contribution >= 4 is 0 Å². The molecule has 0 bridgehead atoms. The molecule has 0 fully saturated rings. The molecule has 0 aliphatic heterocycles. The highest BCUT2D eigenvalue weighted by atomic mass is 16.3. The Morgan fingerprint density at radius 1 is 0.895 bits per heavy atom. The lowest BCUT2D eigenvalue weighted by molar-refractivity contribution is 0.00148. The van der Waals surface area contributed by atoms with Crippen LogP contribution in [-0.2, 0) is 5.60 Å². The Balaban J connectivity index is 2.44. The first-order valence-electron chi connectivity index (χ1n) is 7.05. The fourth-order valence-electron chi connectivity index (χ4n) is 2.91. The van der Waals surface area contributed by atoms with E-state index in [1.54, 1.807) is 0 Å². The van der Waals surface area contributed by atoms with Crippen LogP contribution in [0, 0.1) is 0 Å². The molecule has 2 aromatic rings. The Morgan fingerprint density at radius 2 is 1.42 bits per heavy atom. The van der Waals surface area contributed by atoms with Crippen LogP contribution >= 0.6 is 0 Å². The number of rotatable bonds is 5. The molecule has 1 nitrogen and oxygen atoms in total. The van der Waals surface area contributed by atoms with Gasteiger partial charge in [0.05, 0.1) is 5.60 Å². The molecule has 0 aromatic heterocycles. The molecule has 0 aliphatic rings. The minimum absolute atomic E-state index is 0.126. The standard InChI is InChI=1S/C18H22O/c1-3-17(15-11-7-5-8-12-15)18(19,4-2)16-13-9-6-10-14-16/h5-14,17,19H,3-4H2,1-2H3/t17-,18+/m1/s1. The Hall–Kier alpha value is -1.60. The van der Waals surface area contributed by atoms with E-state index in [1.807, 2.05) is 48.5 Å². The molecule has 0 unspecified atom stereocenters. The van der Waals surface area contributed by atoms with E-state index in [-0.39, 0.29) is 5.92 Å². The summed E-state index contributed by atoms with van der Waals surface area (Å²) in [5.74, 6) is 0.126. The predicted molar refractivity (Wildman–Crippen MR) is 80.1 cm³/mol. The lowest BCUT2D eigenvalue weighted by Crippen LogP contribution is -2.32. The summed E-state index contributed by atoms with van der Waals surface area (Å²) in [5, 5.41) is 11.2.